The van der Waals surface area contributed by atoms with Crippen molar-refractivity contribution in [2.24, 2.45) is 0 Å². The summed E-state index contributed by atoms with van der Waals surface area (Å²) in [6.45, 7) is 1.55. The molecule has 150 valence electrons. The molecule has 3 rings (SSSR count). The molecule has 0 bridgehead atoms. The van der Waals surface area contributed by atoms with Gasteiger partial charge in [0.1, 0.15) is 11.6 Å². The Labute approximate surface area is 164 Å². The predicted molar refractivity (Wildman–Crippen MR) is 100 cm³/mol. The minimum Gasteiger partial charge on any atom is -0.495 e. The van der Waals surface area contributed by atoms with E-state index in [-0.39, 0.29) is 16.9 Å². The number of amides is 2. The summed E-state index contributed by atoms with van der Waals surface area (Å²) < 4.78 is 43.4. The third-order valence-electron chi connectivity index (χ3n) is 4.36. The fourth-order valence-electron chi connectivity index (χ4n) is 2.88. The molecule has 0 spiro atoms. The van der Waals surface area contributed by atoms with Gasteiger partial charge in [-0.3, -0.25) is 0 Å². The number of anilines is 2. The van der Waals surface area contributed by atoms with Crippen molar-refractivity contribution in [2.75, 3.05) is 43.5 Å². The number of halogens is 4. The van der Waals surface area contributed by atoms with Crippen LogP contribution >= 0.6 is 11.6 Å². The number of nitrogens with zero attached hydrogens (tertiary/aromatic N) is 3. The molecular weight excluding hydrogens is 397 g/mol. The maximum absolute atomic E-state index is 12.7. The highest BCUT2D eigenvalue weighted by atomic mass is 35.5. The van der Waals surface area contributed by atoms with Crippen molar-refractivity contribution < 1.29 is 22.7 Å². The second kappa shape index (κ2) is 8.14. The van der Waals surface area contributed by atoms with E-state index in [2.05, 4.69) is 10.3 Å². The van der Waals surface area contributed by atoms with E-state index in [0.29, 0.717) is 37.6 Å². The molecule has 0 saturated carbocycles. The summed E-state index contributed by atoms with van der Waals surface area (Å²) in [6.07, 6.45) is -3.73. The van der Waals surface area contributed by atoms with Crippen molar-refractivity contribution in [2.45, 2.75) is 6.18 Å². The molecule has 0 aliphatic carbocycles. The van der Waals surface area contributed by atoms with E-state index in [1.165, 1.54) is 7.11 Å². The molecule has 10 heteroatoms. The number of hydrogen-bond acceptors (Lipinski definition) is 4. The van der Waals surface area contributed by atoms with E-state index < -0.39 is 11.7 Å². The average Bonchev–Trinajstić information content (AvgIpc) is 2.68. The Morgan fingerprint density at radius 3 is 2.50 bits per heavy atom. The molecule has 1 N–H and O–H groups in total. The van der Waals surface area contributed by atoms with Crippen molar-refractivity contribution in [1.82, 2.24) is 9.88 Å². The van der Waals surface area contributed by atoms with Gasteiger partial charge in [-0.2, -0.15) is 13.2 Å². The lowest BCUT2D eigenvalue weighted by Crippen LogP contribution is -2.50. The van der Waals surface area contributed by atoms with Crippen LogP contribution in [0.2, 0.25) is 5.02 Å². The monoisotopic (exact) mass is 414 g/mol. The number of benzene rings is 1. The van der Waals surface area contributed by atoms with E-state index in [9.17, 15) is 18.0 Å². The highest BCUT2D eigenvalue weighted by Gasteiger charge is 2.32. The van der Waals surface area contributed by atoms with Gasteiger partial charge in [-0.15, -0.1) is 0 Å². The van der Waals surface area contributed by atoms with E-state index in [4.69, 9.17) is 16.3 Å². The first-order valence-electron chi connectivity index (χ1n) is 8.46. The number of carbonyl (C=O) groups is 1. The summed E-state index contributed by atoms with van der Waals surface area (Å²) in [5.74, 6) is 0.828. The van der Waals surface area contributed by atoms with E-state index in [1.54, 1.807) is 34.1 Å². The Morgan fingerprint density at radius 1 is 1.21 bits per heavy atom. The van der Waals surface area contributed by atoms with Gasteiger partial charge in [0.05, 0.1) is 23.4 Å². The zero-order valence-electron chi connectivity index (χ0n) is 15.0. The third-order valence-corrected chi connectivity index (χ3v) is 4.64. The number of rotatable bonds is 3. The van der Waals surface area contributed by atoms with Gasteiger partial charge in [0, 0.05) is 32.4 Å². The summed E-state index contributed by atoms with van der Waals surface area (Å²) in [5, 5.41) is 2.73. The van der Waals surface area contributed by atoms with Gasteiger partial charge < -0.3 is 19.9 Å². The van der Waals surface area contributed by atoms with E-state index in [0.717, 1.165) is 12.3 Å². The predicted octanol–water partition coefficient (Wildman–Crippen LogP) is 4.12. The van der Waals surface area contributed by atoms with Crippen molar-refractivity contribution in [1.29, 1.82) is 0 Å². The highest BCUT2D eigenvalue weighted by Crippen LogP contribution is 2.33. The van der Waals surface area contributed by atoms with E-state index in [1.807, 2.05) is 0 Å². The van der Waals surface area contributed by atoms with Crippen LogP contribution in [0.15, 0.2) is 36.5 Å². The molecule has 0 radical (unpaired) electrons. The quantitative estimate of drug-likeness (QED) is 0.821. The Balaban J connectivity index is 1.62. The van der Waals surface area contributed by atoms with Gasteiger partial charge in [0.2, 0.25) is 0 Å². The van der Waals surface area contributed by atoms with Crippen LogP contribution in [0.5, 0.6) is 5.75 Å². The number of para-hydroxylation sites is 2. The van der Waals surface area contributed by atoms with Gasteiger partial charge in [-0.1, -0.05) is 23.7 Å². The van der Waals surface area contributed by atoms with Crippen LogP contribution in [0.25, 0.3) is 0 Å². The first kappa shape index (κ1) is 20.1. The number of urea groups is 1. The van der Waals surface area contributed by atoms with Gasteiger partial charge in [0.25, 0.3) is 0 Å². The number of hydrogen-bond donors (Lipinski definition) is 1. The van der Waals surface area contributed by atoms with Crippen LogP contribution in [-0.2, 0) is 6.18 Å². The lowest BCUT2D eigenvalue weighted by molar-refractivity contribution is -0.137. The van der Waals surface area contributed by atoms with Crippen LogP contribution in [0.4, 0.5) is 29.5 Å². The molecule has 28 heavy (non-hydrogen) atoms. The minimum absolute atomic E-state index is 0.0678. The fraction of sp³-hybridized carbons (Fsp3) is 0.333. The van der Waals surface area contributed by atoms with Crippen LogP contribution in [0.1, 0.15) is 5.56 Å². The summed E-state index contributed by atoms with van der Waals surface area (Å²) in [4.78, 5) is 19.7. The molecule has 6 nitrogen and oxygen atoms in total. The Morgan fingerprint density at radius 2 is 1.89 bits per heavy atom. The van der Waals surface area contributed by atoms with Crippen LogP contribution < -0.4 is 15.0 Å². The molecule has 0 atom stereocenters. The normalized spacial score (nSPS) is 14.8. The fourth-order valence-corrected chi connectivity index (χ4v) is 3.17. The lowest BCUT2D eigenvalue weighted by Gasteiger charge is -2.35. The largest absolute Gasteiger partial charge is 0.495 e. The molecule has 1 aromatic carbocycles. The van der Waals surface area contributed by atoms with Crippen molar-refractivity contribution in [3.8, 4) is 5.75 Å². The second-order valence-corrected chi connectivity index (χ2v) is 6.54. The molecule has 2 heterocycles. The zero-order valence-corrected chi connectivity index (χ0v) is 15.7. The second-order valence-electron chi connectivity index (χ2n) is 6.13. The molecule has 1 aliphatic heterocycles. The van der Waals surface area contributed by atoms with Gasteiger partial charge in [-0.05, 0) is 18.2 Å². The molecule has 2 aromatic rings. The summed E-state index contributed by atoms with van der Waals surface area (Å²) >= 11 is 6.00. The molecule has 1 aliphatic rings. The Bertz CT molecular complexity index is 855. The minimum atomic E-state index is -4.50. The van der Waals surface area contributed by atoms with Crippen LogP contribution in [0.3, 0.4) is 0 Å². The number of alkyl halides is 3. The van der Waals surface area contributed by atoms with Gasteiger partial charge in [-0.25, -0.2) is 9.78 Å². The topological polar surface area (TPSA) is 57.7 Å². The number of pyridine rings is 1. The maximum Gasteiger partial charge on any atom is 0.417 e. The number of aromatic nitrogens is 1. The van der Waals surface area contributed by atoms with Crippen LogP contribution in [0, 0.1) is 0 Å². The number of ether oxygens (including phenoxy) is 1. The average molecular weight is 415 g/mol. The standard InChI is InChI=1S/C18H18ClF3N4O2/c1-28-15-5-3-2-4-14(15)24-17(27)26-8-6-25(7-9-26)16-13(19)10-12(11-23-16)18(20,21)22/h2-5,10-11H,6-9H2,1H3,(H,24,27). The first-order chi connectivity index (χ1) is 13.3. The Hall–Kier alpha value is -2.68. The smallest absolute Gasteiger partial charge is 0.417 e. The number of methoxy groups -OCH3 is 1. The number of carbonyl (C=O) groups excluding carboxylic acids is 1. The number of piperazine rings is 1. The maximum atomic E-state index is 12.7. The molecular formula is C18H18ClF3N4O2. The lowest BCUT2D eigenvalue weighted by atomic mass is 10.2. The zero-order chi connectivity index (χ0) is 20.3. The van der Waals surface area contributed by atoms with Crippen molar-refractivity contribution in [3.63, 3.8) is 0 Å². The summed E-state index contributed by atoms with van der Waals surface area (Å²) in [7, 11) is 1.52. The van der Waals surface area contributed by atoms with Crippen molar-refractivity contribution >= 4 is 29.1 Å². The molecule has 1 saturated heterocycles. The third kappa shape index (κ3) is 4.41. The summed E-state index contributed by atoms with van der Waals surface area (Å²) in [6, 6.07) is 7.65. The number of nitrogens with one attached hydrogen (secondary N) is 1. The first-order valence-corrected chi connectivity index (χ1v) is 8.84. The van der Waals surface area contributed by atoms with Gasteiger partial charge >= 0.3 is 12.2 Å². The summed E-state index contributed by atoms with van der Waals surface area (Å²) in [5.41, 5.74) is -0.332. The Kier molecular flexibility index (Phi) is 5.83. The molecule has 2 amide bonds. The van der Waals surface area contributed by atoms with Crippen LogP contribution in [-0.4, -0.2) is 49.2 Å². The highest BCUT2D eigenvalue weighted by molar-refractivity contribution is 6.33. The molecule has 1 aromatic heterocycles. The molecule has 0 unspecified atom stereocenters. The van der Waals surface area contributed by atoms with Gasteiger partial charge in [0.15, 0.2) is 0 Å². The molecule has 1 fully saturated rings. The SMILES string of the molecule is COc1ccccc1NC(=O)N1CCN(c2ncc(C(F)(F)F)cc2Cl)CC1. The van der Waals surface area contributed by atoms with E-state index >= 15 is 0 Å². The van der Waals surface area contributed by atoms with Crippen molar-refractivity contribution in [3.05, 3.63) is 47.1 Å².